The number of aromatic nitrogens is 1. The third-order valence-electron chi connectivity index (χ3n) is 4.03. The number of rotatable bonds is 4. The van der Waals surface area contributed by atoms with Crippen molar-refractivity contribution >= 4 is 28.9 Å². The van der Waals surface area contributed by atoms with Crippen molar-refractivity contribution in [3.05, 3.63) is 38.3 Å². The maximum atomic E-state index is 6.34. The van der Waals surface area contributed by atoms with E-state index in [0.717, 1.165) is 22.7 Å². The Kier molecular flexibility index (Phi) is 6.21. The number of aliphatic imine (C=N–C) groups is 1. The summed E-state index contributed by atoms with van der Waals surface area (Å²) < 4.78 is 11.4. The van der Waals surface area contributed by atoms with Crippen LogP contribution in [0.2, 0.25) is 5.02 Å². The number of hydrogen-bond donors (Lipinski definition) is 2. The number of nitrogens with zero attached hydrogens (tertiary/aromatic N) is 2. The number of halogens is 1. The third-order valence-corrected chi connectivity index (χ3v) is 5.38. The van der Waals surface area contributed by atoms with Gasteiger partial charge in [0.05, 0.1) is 30.5 Å². The Morgan fingerprint density at radius 2 is 2.00 bits per heavy atom. The molecule has 1 aromatic heterocycles. The van der Waals surface area contributed by atoms with Crippen LogP contribution in [0.5, 0.6) is 11.5 Å². The van der Waals surface area contributed by atoms with Gasteiger partial charge in [-0.05, 0) is 31.5 Å². The molecular formula is C18H23ClN4O2S. The van der Waals surface area contributed by atoms with Gasteiger partial charge in [0.25, 0.3) is 0 Å². The van der Waals surface area contributed by atoms with E-state index in [2.05, 4.69) is 27.5 Å². The first-order valence-electron chi connectivity index (χ1n) is 8.52. The van der Waals surface area contributed by atoms with Gasteiger partial charge in [0, 0.05) is 24.9 Å². The number of guanidine groups is 1. The van der Waals surface area contributed by atoms with E-state index in [4.69, 9.17) is 21.1 Å². The van der Waals surface area contributed by atoms with Crippen LogP contribution < -0.4 is 20.1 Å². The maximum absolute atomic E-state index is 6.34. The zero-order valence-corrected chi connectivity index (χ0v) is 16.8. The van der Waals surface area contributed by atoms with Gasteiger partial charge >= 0.3 is 0 Å². The van der Waals surface area contributed by atoms with Gasteiger partial charge in [-0.2, -0.15) is 0 Å². The monoisotopic (exact) mass is 394 g/mol. The van der Waals surface area contributed by atoms with Crippen molar-refractivity contribution in [3.8, 4) is 11.5 Å². The van der Waals surface area contributed by atoms with Crippen LogP contribution in [0.25, 0.3) is 0 Å². The molecule has 1 aliphatic rings. The van der Waals surface area contributed by atoms with Crippen LogP contribution in [0.4, 0.5) is 0 Å². The van der Waals surface area contributed by atoms with Gasteiger partial charge in [-0.25, -0.2) is 4.98 Å². The summed E-state index contributed by atoms with van der Waals surface area (Å²) in [6, 6.07) is 3.85. The molecule has 3 rings (SSSR count). The third kappa shape index (κ3) is 4.59. The SMILES string of the molecule is CN=C(NCc1cc(Cl)c2c(c1)OCCCO2)NCc1nc(C)c(C)s1. The topological polar surface area (TPSA) is 67.8 Å². The minimum Gasteiger partial charge on any atom is -0.489 e. The van der Waals surface area contributed by atoms with E-state index in [0.29, 0.717) is 48.8 Å². The number of fused-ring (bicyclic) bond motifs is 1. The molecule has 6 nitrogen and oxygen atoms in total. The van der Waals surface area contributed by atoms with Crippen LogP contribution in [0.15, 0.2) is 17.1 Å². The Bertz CT molecular complexity index is 787. The largest absolute Gasteiger partial charge is 0.489 e. The highest BCUT2D eigenvalue weighted by molar-refractivity contribution is 7.11. The van der Waals surface area contributed by atoms with Gasteiger partial charge in [0.2, 0.25) is 0 Å². The second kappa shape index (κ2) is 8.60. The van der Waals surface area contributed by atoms with Crippen molar-refractivity contribution in [1.82, 2.24) is 15.6 Å². The fraction of sp³-hybridized carbons (Fsp3) is 0.444. The van der Waals surface area contributed by atoms with Gasteiger partial charge < -0.3 is 20.1 Å². The molecule has 0 bridgehead atoms. The molecule has 0 unspecified atom stereocenters. The fourth-order valence-electron chi connectivity index (χ4n) is 2.57. The number of ether oxygens (including phenoxy) is 2. The summed E-state index contributed by atoms with van der Waals surface area (Å²) in [5, 5.41) is 8.18. The predicted octanol–water partition coefficient (Wildman–Crippen LogP) is 3.44. The summed E-state index contributed by atoms with van der Waals surface area (Å²) in [5.74, 6) is 2.03. The van der Waals surface area contributed by atoms with E-state index < -0.39 is 0 Å². The van der Waals surface area contributed by atoms with E-state index in [9.17, 15) is 0 Å². The van der Waals surface area contributed by atoms with Crippen LogP contribution in [0.1, 0.15) is 27.6 Å². The predicted molar refractivity (Wildman–Crippen MR) is 106 cm³/mol. The summed E-state index contributed by atoms with van der Waals surface area (Å²) in [4.78, 5) is 10.0. The molecule has 140 valence electrons. The van der Waals surface area contributed by atoms with E-state index >= 15 is 0 Å². The second-order valence-electron chi connectivity index (χ2n) is 5.98. The molecule has 0 radical (unpaired) electrons. The quantitative estimate of drug-likeness (QED) is 0.614. The molecule has 0 aliphatic carbocycles. The Labute approximate surface area is 162 Å². The lowest BCUT2D eigenvalue weighted by Gasteiger charge is -2.14. The average Bonchev–Trinajstić information content (AvgIpc) is 2.81. The highest BCUT2D eigenvalue weighted by Crippen LogP contribution is 2.37. The summed E-state index contributed by atoms with van der Waals surface area (Å²) >= 11 is 8.04. The standard InChI is InChI=1S/C18H23ClN4O2S/c1-11-12(2)26-16(23-11)10-22-18(20-3)21-9-13-7-14(19)17-15(8-13)24-5-4-6-25-17/h7-8H,4-6,9-10H2,1-3H3,(H2,20,21,22). The molecule has 2 aromatic rings. The zero-order chi connectivity index (χ0) is 18.5. The molecule has 0 saturated heterocycles. The summed E-state index contributed by atoms with van der Waals surface area (Å²) in [5.41, 5.74) is 2.08. The lowest BCUT2D eigenvalue weighted by atomic mass is 10.2. The molecule has 0 spiro atoms. The van der Waals surface area contributed by atoms with Gasteiger partial charge in [0.1, 0.15) is 5.01 Å². The lowest BCUT2D eigenvalue weighted by molar-refractivity contribution is 0.297. The molecular weight excluding hydrogens is 372 g/mol. The summed E-state index contributed by atoms with van der Waals surface area (Å²) in [6.45, 7) is 6.58. The maximum Gasteiger partial charge on any atom is 0.191 e. The summed E-state index contributed by atoms with van der Waals surface area (Å²) in [7, 11) is 1.74. The molecule has 2 heterocycles. The molecule has 8 heteroatoms. The normalized spacial score (nSPS) is 14.1. The van der Waals surface area contributed by atoms with Crippen LogP contribution in [-0.4, -0.2) is 31.2 Å². The number of thiazole rings is 1. The van der Waals surface area contributed by atoms with Crippen LogP contribution in [0.3, 0.4) is 0 Å². The van der Waals surface area contributed by atoms with Gasteiger partial charge in [-0.3, -0.25) is 4.99 Å². The zero-order valence-electron chi connectivity index (χ0n) is 15.2. The smallest absolute Gasteiger partial charge is 0.191 e. The molecule has 26 heavy (non-hydrogen) atoms. The van der Waals surface area contributed by atoms with Crippen LogP contribution >= 0.6 is 22.9 Å². The van der Waals surface area contributed by atoms with Crippen molar-refractivity contribution in [2.45, 2.75) is 33.4 Å². The minimum atomic E-state index is 0.567. The molecule has 0 saturated carbocycles. The Hall–Kier alpha value is -1.99. The van der Waals surface area contributed by atoms with E-state index in [-0.39, 0.29) is 0 Å². The summed E-state index contributed by atoms with van der Waals surface area (Å²) in [6.07, 6.45) is 0.852. The number of benzene rings is 1. The van der Waals surface area contributed by atoms with Crippen molar-refractivity contribution in [1.29, 1.82) is 0 Å². The molecule has 2 N–H and O–H groups in total. The van der Waals surface area contributed by atoms with Crippen molar-refractivity contribution < 1.29 is 9.47 Å². The van der Waals surface area contributed by atoms with Crippen molar-refractivity contribution in [2.24, 2.45) is 4.99 Å². The van der Waals surface area contributed by atoms with E-state index in [1.807, 2.05) is 19.1 Å². The highest BCUT2D eigenvalue weighted by atomic mass is 35.5. The Balaban J connectivity index is 1.60. The fourth-order valence-corrected chi connectivity index (χ4v) is 3.73. The minimum absolute atomic E-state index is 0.567. The lowest BCUT2D eigenvalue weighted by Crippen LogP contribution is -2.36. The number of nitrogens with one attached hydrogen (secondary N) is 2. The molecule has 0 atom stereocenters. The van der Waals surface area contributed by atoms with Crippen LogP contribution in [-0.2, 0) is 13.1 Å². The van der Waals surface area contributed by atoms with Crippen LogP contribution in [0, 0.1) is 13.8 Å². The molecule has 0 fully saturated rings. The van der Waals surface area contributed by atoms with Gasteiger partial charge in [0.15, 0.2) is 17.5 Å². The first kappa shape index (κ1) is 18.8. The van der Waals surface area contributed by atoms with Gasteiger partial charge in [-0.15, -0.1) is 11.3 Å². The first-order valence-corrected chi connectivity index (χ1v) is 9.71. The van der Waals surface area contributed by atoms with E-state index in [1.165, 1.54) is 4.88 Å². The average molecular weight is 395 g/mol. The van der Waals surface area contributed by atoms with E-state index in [1.54, 1.807) is 18.4 Å². The Morgan fingerprint density at radius 1 is 1.23 bits per heavy atom. The van der Waals surface area contributed by atoms with Crippen molar-refractivity contribution in [3.63, 3.8) is 0 Å². The molecule has 1 aromatic carbocycles. The molecule has 1 aliphatic heterocycles. The molecule has 0 amide bonds. The van der Waals surface area contributed by atoms with Gasteiger partial charge in [-0.1, -0.05) is 11.6 Å². The highest BCUT2D eigenvalue weighted by Gasteiger charge is 2.15. The Morgan fingerprint density at radius 3 is 2.73 bits per heavy atom. The second-order valence-corrected chi connectivity index (χ2v) is 7.68. The number of aryl methyl sites for hydroxylation is 2. The van der Waals surface area contributed by atoms with Crippen molar-refractivity contribution in [2.75, 3.05) is 20.3 Å². The number of hydrogen-bond acceptors (Lipinski definition) is 5. The first-order chi connectivity index (χ1) is 12.6.